The number of hydrogen-bond acceptors (Lipinski definition) is 3. The Labute approximate surface area is 200 Å². The van der Waals surface area contributed by atoms with Crippen LogP contribution in [0.3, 0.4) is 0 Å². The average molecular weight is 458 g/mol. The van der Waals surface area contributed by atoms with Crippen LogP contribution < -0.4 is 16.0 Å². The normalized spacial score (nSPS) is 12.5. The number of para-hydroxylation sites is 1. The van der Waals surface area contributed by atoms with Crippen molar-refractivity contribution in [1.29, 1.82) is 0 Å². The van der Waals surface area contributed by atoms with E-state index in [1.165, 1.54) is 0 Å². The highest BCUT2D eigenvalue weighted by atomic mass is 16.2. The number of carbonyl (C=O) groups is 3. The summed E-state index contributed by atoms with van der Waals surface area (Å²) in [6.07, 6.45) is 0. The number of anilines is 1. The molecule has 0 aliphatic rings. The van der Waals surface area contributed by atoms with Gasteiger partial charge in [0.2, 0.25) is 5.91 Å². The first-order valence-electron chi connectivity index (χ1n) is 11.4. The molecule has 0 aliphatic carbocycles. The number of hydrogen-bond donors (Lipinski definition) is 3. The van der Waals surface area contributed by atoms with Gasteiger partial charge in [-0.15, -0.1) is 0 Å². The molecule has 34 heavy (non-hydrogen) atoms. The summed E-state index contributed by atoms with van der Waals surface area (Å²) >= 11 is 0. The summed E-state index contributed by atoms with van der Waals surface area (Å²) in [6, 6.07) is 22.7. The summed E-state index contributed by atoms with van der Waals surface area (Å²) < 4.78 is 0. The molecule has 3 rings (SSSR count). The standard InChI is InChI=1S/C28H31N3O3/c1-18(2)25(31-26(32)22-16-14-19(3)15-17-22)28(34)30-24-13-9-8-12-23(24)27(33)29-20(4)21-10-6-5-7-11-21/h5-18,20,25H,1-4H3,(H,29,33)(H,30,34)(H,31,32)/t20-,25-/m0/s1. The molecule has 3 amide bonds. The summed E-state index contributed by atoms with van der Waals surface area (Å²) in [6.45, 7) is 7.57. The maximum Gasteiger partial charge on any atom is 0.253 e. The molecule has 3 aromatic rings. The topological polar surface area (TPSA) is 87.3 Å². The lowest BCUT2D eigenvalue weighted by atomic mass is 10.0. The molecule has 0 fully saturated rings. The van der Waals surface area contributed by atoms with Gasteiger partial charge in [-0.1, -0.05) is 74.0 Å². The summed E-state index contributed by atoms with van der Waals surface area (Å²) in [7, 11) is 0. The second kappa shape index (κ2) is 11.3. The minimum atomic E-state index is -0.770. The van der Waals surface area contributed by atoms with Crippen molar-refractivity contribution < 1.29 is 14.4 Å². The fourth-order valence-corrected chi connectivity index (χ4v) is 3.56. The van der Waals surface area contributed by atoms with Gasteiger partial charge < -0.3 is 16.0 Å². The third-order valence-electron chi connectivity index (χ3n) is 5.63. The lowest BCUT2D eigenvalue weighted by Gasteiger charge is -2.23. The van der Waals surface area contributed by atoms with Gasteiger partial charge in [0.1, 0.15) is 6.04 Å². The third kappa shape index (κ3) is 6.32. The van der Waals surface area contributed by atoms with Crippen LogP contribution in [0, 0.1) is 12.8 Å². The zero-order valence-electron chi connectivity index (χ0n) is 20.0. The van der Waals surface area contributed by atoms with Crippen LogP contribution >= 0.6 is 0 Å². The van der Waals surface area contributed by atoms with E-state index in [2.05, 4.69) is 16.0 Å². The smallest absolute Gasteiger partial charge is 0.253 e. The Kier molecular flexibility index (Phi) is 8.19. The van der Waals surface area contributed by atoms with Gasteiger partial charge in [0.15, 0.2) is 0 Å². The molecule has 0 aromatic heterocycles. The largest absolute Gasteiger partial charge is 0.345 e. The van der Waals surface area contributed by atoms with E-state index in [0.717, 1.165) is 11.1 Å². The van der Waals surface area contributed by atoms with Crippen LogP contribution in [0.2, 0.25) is 0 Å². The van der Waals surface area contributed by atoms with Crippen LogP contribution in [0.1, 0.15) is 58.7 Å². The van der Waals surface area contributed by atoms with Crippen molar-refractivity contribution in [3.63, 3.8) is 0 Å². The summed E-state index contributed by atoms with van der Waals surface area (Å²) in [5, 5.41) is 8.64. The van der Waals surface area contributed by atoms with E-state index in [9.17, 15) is 14.4 Å². The number of nitrogens with one attached hydrogen (secondary N) is 3. The lowest BCUT2D eigenvalue weighted by molar-refractivity contribution is -0.118. The zero-order chi connectivity index (χ0) is 24.7. The van der Waals surface area contributed by atoms with Crippen molar-refractivity contribution in [2.75, 3.05) is 5.32 Å². The summed E-state index contributed by atoms with van der Waals surface area (Å²) in [4.78, 5) is 38.8. The summed E-state index contributed by atoms with van der Waals surface area (Å²) in [5.41, 5.74) is 3.26. The number of benzene rings is 3. The Balaban J connectivity index is 1.73. The average Bonchev–Trinajstić information content (AvgIpc) is 2.83. The molecule has 176 valence electrons. The molecule has 2 atom stereocenters. The molecule has 0 bridgehead atoms. The molecular formula is C28H31N3O3. The SMILES string of the molecule is Cc1ccc(C(=O)N[C@H](C(=O)Nc2ccccc2C(=O)N[C@@H](C)c2ccccc2)C(C)C)cc1. The Morgan fingerprint density at radius 2 is 1.32 bits per heavy atom. The second-order valence-corrected chi connectivity index (χ2v) is 8.70. The lowest BCUT2D eigenvalue weighted by Crippen LogP contribution is -2.47. The first-order valence-corrected chi connectivity index (χ1v) is 11.4. The van der Waals surface area contributed by atoms with Crippen molar-refractivity contribution in [2.24, 2.45) is 5.92 Å². The molecule has 6 heteroatoms. The Morgan fingerprint density at radius 3 is 1.97 bits per heavy atom. The second-order valence-electron chi connectivity index (χ2n) is 8.70. The molecule has 0 aliphatic heterocycles. The molecule has 0 radical (unpaired) electrons. The van der Waals surface area contributed by atoms with Crippen molar-refractivity contribution in [2.45, 2.75) is 39.8 Å². The molecule has 0 saturated heterocycles. The van der Waals surface area contributed by atoms with Gasteiger partial charge in [-0.25, -0.2) is 0 Å². The molecule has 6 nitrogen and oxygen atoms in total. The quantitative estimate of drug-likeness (QED) is 0.451. The van der Waals surface area contributed by atoms with Crippen LogP contribution in [0.25, 0.3) is 0 Å². The molecule has 3 N–H and O–H groups in total. The predicted molar refractivity (Wildman–Crippen MR) is 135 cm³/mol. The molecule has 0 heterocycles. The maximum atomic E-state index is 13.1. The molecule has 0 saturated carbocycles. The number of carbonyl (C=O) groups excluding carboxylic acids is 3. The van der Waals surface area contributed by atoms with Crippen molar-refractivity contribution >= 4 is 23.4 Å². The maximum absolute atomic E-state index is 13.1. The van der Waals surface area contributed by atoms with Crippen molar-refractivity contribution in [3.8, 4) is 0 Å². The van der Waals surface area contributed by atoms with Gasteiger partial charge >= 0.3 is 0 Å². The van der Waals surface area contributed by atoms with Crippen LogP contribution in [-0.4, -0.2) is 23.8 Å². The van der Waals surface area contributed by atoms with E-state index in [0.29, 0.717) is 16.8 Å². The van der Waals surface area contributed by atoms with Crippen molar-refractivity contribution in [3.05, 3.63) is 101 Å². The molecule has 0 spiro atoms. The molecule has 3 aromatic carbocycles. The van der Waals surface area contributed by atoms with E-state index < -0.39 is 6.04 Å². The highest BCUT2D eigenvalue weighted by Gasteiger charge is 2.26. The van der Waals surface area contributed by atoms with E-state index in [1.54, 1.807) is 36.4 Å². The van der Waals surface area contributed by atoms with Crippen LogP contribution in [0.15, 0.2) is 78.9 Å². The van der Waals surface area contributed by atoms with Gasteiger partial charge in [0.05, 0.1) is 17.3 Å². The number of aryl methyl sites for hydroxylation is 1. The minimum Gasteiger partial charge on any atom is -0.345 e. The fourth-order valence-electron chi connectivity index (χ4n) is 3.56. The van der Waals surface area contributed by atoms with Crippen LogP contribution in [0.5, 0.6) is 0 Å². The predicted octanol–water partition coefficient (Wildman–Crippen LogP) is 4.88. The van der Waals surface area contributed by atoms with E-state index in [4.69, 9.17) is 0 Å². The van der Waals surface area contributed by atoms with Gasteiger partial charge in [0, 0.05) is 5.56 Å². The number of rotatable bonds is 8. The van der Waals surface area contributed by atoms with E-state index in [1.807, 2.05) is 70.2 Å². The molecule has 0 unspecified atom stereocenters. The first-order chi connectivity index (χ1) is 16.3. The van der Waals surface area contributed by atoms with E-state index in [-0.39, 0.29) is 29.7 Å². The molecular weight excluding hydrogens is 426 g/mol. The first kappa shape index (κ1) is 24.7. The van der Waals surface area contributed by atoms with Crippen LogP contribution in [-0.2, 0) is 4.79 Å². The number of amides is 3. The van der Waals surface area contributed by atoms with Gasteiger partial charge in [-0.2, -0.15) is 0 Å². The monoisotopic (exact) mass is 457 g/mol. The Bertz CT molecular complexity index is 1140. The Hall–Kier alpha value is -3.93. The Morgan fingerprint density at radius 1 is 0.706 bits per heavy atom. The fraction of sp³-hybridized carbons (Fsp3) is 0.250. The van der Waals surface area contributed by atoms with Gasteiger partial charge in [-0.3, -0.25) is 14.4 Å². The highest BCUT2D eigenvalue weighted by Crippen LogP contribution is 2.19. The third-order valence-corrected chi connectivity index (χ3v) is 5.63. The summed E-state index contributed by atoms with van der Waals surface area (Å²) in [5.74, 6) is -1.16. The van der Waals surface area contributed by atoms with E-state index >= 15 is 0 Å². The zero-order valence-corrected chi connectivity index (χ0v) is 20.0. The van der Waals surface area contributed by atoms with Crippen molar-refractivity contribution in [1.82, 2.24) is 10.6 Å². The minimum absolute atomic E-state index is 0.159. The highest BCUT2D eigenvalue weighted by molar-refractivity contribution is 6.06. The van der Waals surface area contributed by atoms with Gasteiger partial charge in [0.25, 0.3) is 11.8 Å². The van der Waals surface area contributed by atoms with Crippen LogP contribution in [0.4, 0.5) is 5.69 Å². The van der Waals surface area contributed by atoms with Gasteiger partial charge in [-0.05, 0) is 49.6 Å².